The SMILES string of the molecule is C[C@@H]1CC[C@H](C)[C@H]2C(=O)N(CC(=O)NCc3ccc4c(c3)[C@H]3C[C@@H](N4)[C@H](O)CO3)C(=O)[C@H]21. The number of nitrogens with zero attached hydrogens (tertiary/aromatic N) is 1. The van der Waals surface area contributed by atoms with Gasteiger partial charge in [0.2, 0.25) is 17.7 Å². The van der Waals surface area contributed by atoms with E-state index in [1.54, 1.807) is 0 Å². The molecule has 3 fully saturated rings. The van der Waals surface area contributed by atoms with Gasteiger partial charge in [-0.05, 0) is 42.4 Å². The van der Waals surface area contributed by atoms with Crippen molar-refractivity contribution in [2.75, 3.05) is 18.5 Å². The molecule has 8 heteroatoms. The van der Waals surface area contributed by atoms with E-state index in [4.69, 9.17) is 4.74 Å². The lowest BCUT2D eigenvalue weighted by atomic mass is 9.69. The van der Waals surface area contributed by atoms with Crippen LogP contribution in [0.4, 0.5) is 5.69 Å². The van der Waals surface area contributed by atoms with Crippen molar-refractivity contribution in [3.05, 3.63) is 29.3 Å². The molecule has 0 unspecified atom stereocenters. The number of likely N-dealkylation sites (tertiary alicyclic amines) is 1. The lowest BCUT2D eigenvalue weighted by Crippen LogP contribution is -2.46. The van der Waals surface area contributed by atoms with Crippen molar-refractivity contribution in [3.63, 3.8) is 0 Å². The molecule has 0 aromatic heterocycles. The predicted molar refractivity (Wildman–Crippen MR) is 116 cm³/mol. The Labute approximate surface area is 187 Å². The lowest BCUT2D eigenvalue weighted by molar-refractivity contribution is -0.144. The van der Waals surface area contributed by atoms with Crippen molar-refractivity contribution < 1.29 is 24.2 Å². The monoisotopic (exact) mass is 441 g/mol. The zero-order chi connectivity index (χ0) is 22.6. The van der Waals surface area contributed by atoms with Crippen LogP contribution in [0, 0.1) is 23.7 Å². The number of fused-ring (bicyclic) bond motifs is 5. The summed E-state index contributed by atoms with van der Waals surface area (Å²) in [4.78, 5) is 39.5. The molecule has 3 heterocycles. The Balaban J connectivity index is 1.22. The second-order valence-electron chi connectivity index (χ2n) is 9.92. The molecule has 172 valence electrons. The van der Waals surface area contributed by atoms with E-state index in [1.165, 1.54) is 4.90 Å². The topological polar surface area (TPSA) is 108 Å². The van der Waals surface area contributed by atoms with Crippen molar-refractivity contribution in [2.24, 2.45) is 23.7 Å². The molecule has 3 N–H and O–H groups in total. The first-order valence-electron chi connectivity index (χ1n) is 11.6. The third kappa shape index (κ3) is 3.59. The second-order valence-corrected chi connectivity index (χ2v) is 9.92. The summed E-state index contributed by atoms with van der Waals surface area (Å²) in [7, 11) is 0. The third-order valence-corrected chi connectivity index (χ3v) is 7.79. The number of aliphatic hydroxyl groups excluding tert-OH is 1. The van der Waals surface area contributed by atoms with Gasteiger partial charge in [0.1, 0.15) is 6.54 Å². The molecule has 32 heavy (non-hydrogen) atoms. The van der Waals surface area contributed by atoms with Gasteiger partial charge in [-0.25, -0.2) is 0 Å². The zero-order valence-corrected chi connectivity index (χ0v) is 18.5. The Morgan fingerprint density at radius 3 is 2.56 bits per heavy atom. The highest BCUT2D eigenvalue weighted by Crippen LogP contribution is 2.44. The molecule has 8 nitrogen and oxygen atoms in total. The third-order valence-electron chi connectivity index (χ3n) is 7.79. The van der Waals surface area contributed by atoms with Gasteiger partial charge in [-0.2, -0.15) is 0 Å². The van der Waals surface area contributed by atoms with Gasteiger partial charge >= 0.3 is 0 Å². The van der Waals surface area contributed by atoms with E-state index in [-0.39, 0.29) is 60.1 Å². The van der Waals surface area contributed by atoms with Crippen LogP contribution in [0.3, 0.4) is 0 Å². The molecule has 1 aliphatic carbocycles. The highest BCUT2D eigenvalue weighted by Gasteiger charge is 2.53. The predicted octanol–water partition coefficient (Wildman–Crippen LogP) is 1.59. The average molecular weight is 442 g/mol. The normalized spacial score (nSPS) is 35.7. The zero-order valence-electron chi connectivity index (χ0n) is 18.5. The fourth-order valence-corrected chi connectivity index (χ4v) is 5.89. The quantitative estimate of drug-likeness (QED) is 0.613. The number of imide groups is 1. The van der Waals surface area contributed by atoms with E-state index in [9.17, 15) is 19.5 Å². The molecule has 2 bridgehead atoms. The maximum absolute atomic E-state index is 12.9. The first kappa shape index (κ1) is 21.4. The summed E-state index contributed by atoms with van der Waals surface area (Å²) < 4.78 is 5.79. The molecular formula is C24H31N3O5. The minimum atomic E-state index is -0.510. The Bertz CT molecular complexity index is 922. The molecule has 4 aliphatic rings. The van der Waals surface area contributed by atoms with Crippen molar-refractivity contribution in [2.45, 2.75) is 57.9 Å². The number of amides is 3. The molecule has 7 atom stereocenters. The summed E-state index contributed by atoms with van der Waals surface area (Å²) in [6.45, 7) is 4.45. The number of nitrogens with one attached hydrogen (secondary N) is 2. The number of hydrogen-bond donors (Lipinski definition) is 3. The largest absolute Gasteiger partial charge is 0.389 e. The molecule has 0 spiro atoms. The molecule has 3 aliphatic heterocycles. The number of carbonyl (C=O) groups excluding carboxylic acids is 3. The lowest BCUT2D eigenvalue weighted by Gasteiger charge is -2.40. The van der Waals surface area contributed by atoms with E-state index in [0.29, 0.717) is 19.6 Å². The van der Waals surface area contributed by atoms with Crippen LogP contribution < -0.4 is 10.6 Å². The minimum Gasteiger partial charge on any atom is -0.389 e. The maximum Gasteiger partial charge on any atom is 0.240 e. The van der Waals surface area contributed by atoms with Crippen molar-refractivity contribution in [1.29, 1.82) is 0 Å². The maximum atomic E-state index is 12.9. The first-order chi connectivity index (χ1) is 15.3. The minimum absolute atomic E-state index is 0.00327. The Morgan fingerprint density at radius 1 is 1.19 bits per heavy atom. The van der Waals surface area contributed by atoms with Gasteiger partial charge in [0.25, 0.3) is 0 Å². The van der Waals surface area contributed by atoms with Crippen LogP contribution in [0.25, 0.3) is 0 Å². The molecule has 5 rings (SSSR count). The van der Waals surface area contributed by atoms with E-state index in [0.717, 1.165) is 29.7 Å². The Morgan fingerprint density at radius 2 is 1.88 bits per heavy atom. The molecule has 2 saturated heterocycles. The van der Waals surface area contributed by atoms with Gasteiger partial charge in [-0.15, -0.1) is 0 Å². The van der Waals surface area contributed by atoms with Gasteiger partial charge in [-0.1, -0.05) is 19.9 Å². The van der Waals surface area contributed by atoms with Crippen LogP contribution in [-0.2, 0) is 25.7 Å². The van der Waals surface area contributed by atoms with Crippen LogP contribution in [0.1, 0.15) is 50.3 Å². The van der Waals surface area contributed by atoms with Gasteiger partial charge in [-0.3, -0.25) is 19.3 Å². The number of carbonyl (C=O) groups is 3. The summed E-state index contributed by atoms with van der Waals surface area (Å²) in [5, 5.41) is 16.2. The standard InChI is InChI=1S/C24H31N3O5/c1-12-3-4-13(2)22-21(12)23(30)27(24(22)31)10-20(29)25-9-14-5-6-16-15(7-14)19-8-17(26-16)18(28)11-32-19/h5-7,12-13,17-19,21-22,26,28H,3-4,8-11H2,1-2H3,(H,25,29)/t12-,13+,17-,18-,19-,21+,22-/m1/s1. The number of benzene rings is 1. The fourth-order valence-electron chi connectivity index (χ4n) is 5.89. The Kier molecular flexibility index (Phi) is 5.45. The van der Waals surface area contributed by atoms with E-state index in [2.05, 4.69) is 10.6 Å². The Hall–Kier alpha value is -2.45. The molecular weight excluding hydrogens is 410 g/mol. The smallest absolute Gasteiger partial charge is 0.240 e. The second kappa shape index (κ2) is 8.15. The molecule has 3 amide bonds. The van der Waals surface area contributed by atoms with E-state index in [1.807, 2.05) is 32.0 Å². The summed E-state index contributed by atoms with van der Waals surface area (Å²) >= 11 is 0. The van der Waals surface area contributed by atoms with Crippen molar-refractivity contribution >= 4 is 23.4 Å². The summed E-state index contributed by atoms with van der Waals surface area (Å²) in [6.07, 6.45) is 2.02. The van der Waals surface area contributed by atoms with Crippen LogP contribution in [0.15, 0.2) is 18.2 Å². The molecule has 0 radical (unpaired) electrons. The molecule has 1 aromatic rings. The number of anilines is 1. The summed E-state index contributed by atoms with van der Waals surface area (Å²) in [5.41, 5.74) is 2.89. The molecule has 1 saturated carbocycles. The van der Waals surface area contributed by atoms with Gasteiger partial charge in [0.15, 0.2) is 0 Å². The summed E-state index contributed by atoms with van der Waals surface area (Å²) in [6, 6.07) is 5.87. The van der Waals surface area contributed by atoms with Crippen LogP contribution in [0.5, 0.6) is 0 Å². The van der Waals surface area contributed by atoms with Gasteiger partial charge in [0.05, 0.1) is 36.7 Å². The van der Waals surface area contributed by atoms with Crippen LogP contribution >= 0.6 is 0 Å². The van der Waals surface area contributed by atoms with Crippen LogP contribution in [0.2, 0.25) is 0 Å². The van der Waals surface area contributed by atoms with E-state index >= 15 is 0 Å². The number of ether oxygens (including phenoxy) is 1. The van der Waals surface area contributed by atoms with Crippen molar-refractivity contribution in [3.8, 4) is 0 Å². The van der Waals surface area contributed by atoms with E-state index < -0.39 is 6.10 Å². The average Bonchev–Trinajstić information content (AvgIpc) is 3.03. The van der Waals surface area contributed by atoms with Crippen LogP contribution in [-0.4, -0.2) is 53.0 Å². The van der Waals surface area contributed by atoms with Gasteiger partial charge in [0, 0.05) is 24.2 Å². The number of hydrogen-bond acceptors (Lipinski definition) is 6. The molecule has 1 aromatic carbocycles. The van der Waals surface area contributed by atoms with Gasteiger partial charge < -0.3 is 20.5 Å². The summed E-state index contributed by atoms with van der Waals surface area (Å²) in [5.74, 6) is -0.950. The first-order valence-corrected chi connectivity index (χ1v) is 11.6. The number of rotatable bonds is 4. The fraction of sp³-hybridized carbons (Fsp3) is 0.625. The van der Waals surface area contributed by atoms with Crippen molar-refractivity contribution in [1.82, 2.24) is 10.2 Å². The highest BCUT2D eigenvalue weighted by atomic mass is 16.5. The highest BCUT2D eigenvalue weighted by molar-refractivity contribution is 6.07. The number of aliphatic hydroxyl groups is 1.